The number of aromatic amines is 1. The third kappa shape index (κ3) is 2.33. The van der Waals surface area contributed by atoms with Gasteiger partial charge in [0.05, 0.1) is 11.6 Å². The number of H-pyrrole nitrogens is 1. The van der Waals surface area contributed by atoms with Gasteiger partial charge < -0.3 is 4.98 Å². The van der Waals surface area contributed by atoms with Crippen LogP contribution >= 0.6 is 11.3 Å². The molecule has 3 aromatic heterocycles. The molecule has 1 aliphatic carbocycles. The van der Waals surface area contributed by atoms with Crippen molar-refractivity contribution < 1.29 is 0 Å². The summed E-state index contributed by atoms with van der Waals surface area (Å²) in [4.78, 5) is 23.2. The highest BCUT2D eigenvalue weighted by Gasteiger charge is 2.21. The van der Waals surface area contributed by atoms with E-state index in [-0.39, 0.29) is 5.56 Å². The van der Waals surface area contributed by atoms with Crippen LogP contribution in [0, 0.1) is 6.92 Å². The molecular formula is C20H18N4OS. The molecule has 1 aromatic carbocycles. The molecule has 0 unspecified atom stereocenters. The molecular weight excluding hydrogens is 344 g/mol. The number of hydrogen-bond acceptors (Lipinski definition) is 4. The third-order valence-corrected chi connectivity index (χ3v) is 6.25. The summed E-state index contributed by atoms with van der Waals surface area (Å²) in [5.41, 5.74) is 3.16. The number of nitrogens with one attached hydrogen (secondary N) is 1. The van der Waals surface area contributed by atoms with E-state index in [0.717, 1.165) is 45.9 Å². The summed E-state index contributed by atoms with van der Waals surface area (Å²) in [7, 11) is 0. The molecule has 0 saturated carbocycles. The predicted octanol–water partition coefficient (Wildman–Crippen LogP) is 4.01. The molecule has 1 aliphatic rings. The van der Waals surface area contributed by atoms with Gasteiger partial charge in [-0.3, -0.25) is 4.79 Å². The standard InChI is InChI=1S/C20H18N4OS/c1-12-23-19-18(15-7-3-5-9-17(15)26-19)20(25)24(12)22-11-13-10-21-16-8-4-2-6-14(13)16/h2,4,6,8,10-11,21H,3,5,7,9H2,1H3/b22-11+. The zero-order valence-corrected chi connectivity index (χ0v) is 15.3. The van der Waals surface area contributed by atoms with Gasteiger partial charge in [0.15, 0.2) is 0 Å². The normalized spacial score (nSPS) is 14.5. The second-order valence-corrected chi connectivity index (χ2v) is 7.78. The fourth-order valence-corrected chi connectivity index (χ4v) is 5.05. The Kier molecular flexibility index (Phi) is 3.53. The van der Waals surface area contributed by atoms with Crippen molar-refractivity contribution in [1.29, 1.82) is 0 Å². The molecule has 0 saturated heterocycles. The van der Waals surface area contributed by atoms with Crippen molar-refractivity contribution in [1.82, 2.24) is 14.6 Å². The van der Waals surface area contributed by atoms with Crippen LogP contribution in [0.4, 0.5) is 0 Å². The van der Waals surface area contributed by atoms with Gasteiger partial charge >= 0.3 is 0 Å². The lowest BCUT2D eigenvalue weighted by Crippen LogP contribution is -2.21. The van der Waals surface area contributed by atoms with Crippen LogP contribution in [0.3, 0.4) is 0 Å². The Labute approximate surface area is 154 Å². The maximum atomic E-state index is 13.1. The zero-order valence-electron chi connectivity index (χ0n) is 14.5. The van der Waals surface area contributed by atoms with Crippen LogP contribution in [0.5, 0.6) is 0 Å². The summed E-state index contributed by atoms with van der Waals surface area (Å²) < 4.78 is 1.44. The van der Waals surface area contributed by atoms with Crippen molar-refractivity contribution in [3.05, 3.63) is 62.6 Å². The SMILES string of the molecule is Cc1nc2sc3c(c2c(=O)n1/N=C/c1c[nH]c2ccccc12)CCCC3. The lowest BCUT2D eigenvalue weighted by molar-refractivity contribution is 0.698. The molecule has 0 bridgehead atoms. The van der Waals surface area contributed by atoms with Gasteiger partial charge in [0.1, 0.15) is 10.7 Å². The van der Waals surface area contributed by atoms with Gasteiger partial charge in [-0.05, 0) is 44.2 Å². The zero-order chi connectivity index (χ0) is 17.7. The minimum absolute atomic E-state index is 0.0528. The second-order valence-electron chi connectivity index (χ2n) is 6.70. The molecule has 26 heavy (non-hydrogen) atoms. The van der Waals surface area contributed by atoms with E-state index in [1.54, 1.807) is 17.6 Å². The van der Waals surface area contributed by atoms with Crippen molar-refractivity contribution in [3.63, 3.8) is 0 Å². The van der Waals surface area contributed by atoms with Crippen LogP contribution in [-0.2, 0) is 12.8 Å². The third-order valence-electron chi connectivity index (χ3n) is 5.06. The molecule has 0 radical (unpaired) electrons. The summed E-state index contributed by atoms with van der Waals surface area (Å²) in [6, 6.07) is 8.05. The highest BCUT2D eigenvalue weighted by atomic mass is 32.1. The first kappa shape index (κ1) is 15.5. The Balaban J connectivity index is 1.66. The van der Waals surface area contributed by atoms with Crippen molar-refractivity contribution in [3.8, 4) is 0 Å². The Hall–Kier alpha value is -2.73. The number of nitrogens with zero attached hydrogens (tertiary/aromatic N) is 3. The topological polar surface area (TPSA) is 63.0 Å². The molecule has 1 N–H and O–H groups in total. The van der Waals surface area contributed by atoms with Crippen LogP contribution in [-0.4, -0.2) is 20.9 Å². The molecule has 0 atom stereocenters. The van der Waals surface area contributed by atoms with E-state index in [1.807, 2.05) is 37.4 Å². The van der Waals surface area contributed by atoms with E-state index in [2.05, 4.69) is 15.1 Å². The number of benzene rings is 1. The molecule has 0 aliphatic heterocycles. The first-order chi connectivity index (χ1) is 12.7. The lowest BCUT2D eigenvalue weighted by Gasteiger charge is -2.10. The minimum atomic E-state index is -0.0528. The predicted molar refractivity (Wildman–Crippen MR) is 107 cm³/mol. The summed E-state index contributed by atoms with van der Waals surface area (Å²) in [6.45, 7) is 1.84. The van der Waals surface area contributed by atoms with E-state index in [9.17, 15) is 4.79 Å². The highest BCUT2D eigenvalue weighted by Crippen LogP contribution is 2.33. The lowest BCUT2D eigenvalue weighted by atomic mass is 9.97. The average molecular weight is 362 g/mol. The Bertz CT molecular complexity index is 1230. The monoisotopic (exact) mass is 362 g/mol. The van der Waals surface area contributed by atoms with Crippen molar-refractivity contribution in [2.24, 2.45) is 5.10 Å². The van der Waals surface area contributed by atoms with Gasteiger partial charge in [-0.2, -0.15) is 9.78 Å². The van der Waals surface area contributed by atoms with Crippen LogP contribution in [0.1, 0.15) is 34.7 Å². The van der Waals surface area contributed by atoms with Crippen molar-refractivity contribution in [2.45, 2.75) is 32.6 Å². The minimum Gasteiger partial charge on any atom is -0.361 e. The van der Waals surface area contributed by atoms with Crippen molar-refractivity contribution in [2.75, 3.05) is 0 Å². The number of hydrogen-bond donors (Lipinski definition) is 1. The number of aryl methyl sites for hydroxylation is 3. The fraction of sp³-hybridized carbons (Fsp3) is 0.250. The smallest absolute Gasteiger partial charge is 0.283 e. The van der Waals surface area contributed by atoms with Crippen LogP contribution in [0.25, 0.3) is 21.1 Å². The molecule has 0 amide bonds. The second kappa shape index (κ2) is 5.92. The number of thiophene rings is 1. The molecule has 3 heterocycles. The van der Waals surface area contributed by atoms with E-state index in [4.69, 9.17) is 0 Å². The van der Waals surface area contributed by atoms with Crippen molar-refractivity contribution >= 4 is 38.7 Å². The van der Waals surface area contributed by atoms with E-state index in [0.29, 0.717) is 5.82 Å². The molecule has 4 aromatic rings. The van der Waals surface area contributed by atoms with Gasteiger partial charge in [-0.15, -0.1) is 11.3 Å². The number of rotatable bonds is 2. The highest BCUT2D eigenvalue weighted by molar-refractivity contribution is 7.18. The summed E-state index contributed by atoms with van der Waals surface area (Å²) in [5.74, 6) is 0.622. The maximum Gasteiger partial charge on any atom is 0.283 e. The maximum absolute atomic E-state index is 13.1. The van der Waals surface area contributed by atoms with Gasteiger partial charge in [0.25, 0.3) is 5.56 Å². The molecule has 0 fully saturated rings. The van der Waals surface area contributed by atoms with Gasteiger partial charge in [-0.1, -0.05) is 18.2 Å². The van der Waals surface area contributed by atoms with Gasteiger partial charge in [0.2, 0.25) is 0 Å². The largest absolute Gasteiger partial charge is 0.361 e. The van der Waals surface area contributed by atoms with Crippen LogP contribution in [0.2, 0.25) is 0 Å². The van der Waals surface area contributed by atoms with Gasteiger partial charge in [-0.25, -0.2) is 4.98 Å². The molecule has 6 heteroatoms. The summed E-state index contributed by atoms with van der Waals surface area (Å²) >= 11 is 1.67. The van der Waals surface area contributed by atoms with E-state index in [1.165, 1.54) is 21.5 Å². The molecule has 130 valence electrons. The quantitative estimate of drug-likeness (QED) is 0.548. The fourth-order valence-electron chi connectivity index (χ4n) is 3.75. The molecule has 5 nitrogen and oxygen atoms in total. The first-order valence-corrected chi connectivity index (χ1v) is 9.68. The number of fused-ring (bicyclic) bond motifs is 4. The first-order valence-electron chi connectivity index (χ1n) is 8.87. The Morgan fingerprint density at radius 1 is 1.27 bits per heavy atom. The van der Waals surface area contributed by atoms with Crippen LogP contribution in [0.15, 0.2) is 40.4 Å². The Morgan fingerprint density at radius 2 is 2.12 bits per heavy atom. The summed E-state index contributed by atoms with van der Waals surface area (Å²) in [5, 5.41) is 6.33. The van der Waals surface area contributed by atoms with Gasteiger partial charge in [0, 0.05) is 27.5 Å². The average Bonchev–Trinajstić information content (AvgIpc) is 3.22. The van der Waals surface area contributed by atoms with E-state index < -0.39 is 0 Å². The molecule has 0 spiro atoms. The van der Waals surface area contributed by atoms with Crippen LogP contribution < -0.4 is 5.56 Å². The number of para-hydroxylation sites is 1. The Morgan fingerprint density at radius 3 is 3.04 bits per heavy atom. The summed E-state index contributed by atoms with van der Waals surface area (Å²) in [6.07, 6.45) is 8.03. The van der Waals surface area contributed by atoms with E-state index >= 15 is 0 Å². The number of aromatic nitrogens is 3. The molecule has 5 rings (SSSR count).